The van der Waals surface area contributed by atoms with Gasteiger partial charge < -0.3 is 5.32 Å². The summed E-state index contributed by atoms with van der Waals surface area (Å²) in [4.78, 5) is 2.45. The van der Waals surface area contributed by atoms with Gasteiger partial charge in [0.05, 0.1) is 0 Å². The molecule has 1 aliphatic heterocycles. The van der Waals surface area contributed by atoms with Crippen LogP contribution in [0.15, 0.2) is 18.2 Å². The third kappa shape index (κ3) is 2.76. The van der Waals surface area contributed by atoms with Gasteiger partial charge in [-0.1, -0.05) is 18.2 Å². The smallest absolute Gasteiger partial charge is 0.0345 e. The van der Waals surface area contributed by atoms with Gasteiger partial charge in [-0.05, 0) is 37.6 Å². The summed E-state index contributed by atoms with van der Waals surface area (Å²) in [6.45, 7) is 7.76. The molecule has 0 amide bonds. The minimum atomic E-state index is 0. The largest absolute Gasteiger partial charge is 0.314 e. The molecule has 2 rings (SSSR count). The molecule has 0 atom stereocenters. The summed E-state index contributed by atoms with van der Waals surface area (Å²) in [6.07, 6.45) is 0. The Bertz CT molecular complexity index is 328. The highest BCUT2D eigenvalue weighted by Crippen LogP contribution is 2.17. The molecule has 1 aliphatic rings. The molecule has 1 heterocycles. The second-order valence-corrected chi connectivity index (χ2v) is 4.60. The number of nitrogens with one attached hydrogen (secondary N) is 1. The summed E-state index contributed by atoms with van der Waals surface area (Å²) in [5.74, 6) is 0. The summed E-state index contributed by atoms with van der Waals surface area (Å²) in [5.41, 5.74) is 4.31. The molecule has 90 valence electrons. The van der Waals surface area contributed by atoms with Crippen molar-refractivity contribution in [3.63, 3.8) is 0 Å². The first-order valence-corrected chi connectivity index (χ1v) is 5.64. The third-order valence-electron chi connectivity index (χ3n) is 3.44. The van der Waals surface area contributed by atoms with E-state index in [-0.39, 0.29) is 12.4 Å². The first-order valence-electron chi connectivity index (χ1n) is 5.64. The van der Waals surface area contributed by atoms with Crippen LogP contribution in [0.2, 0.25) is 0 Å². The lowest BCUT2D eigenvalue weighted by atomic mass is 10.0. The zero-order valence-corrected chi connectivity index (χ0v) is 11.1. The molecule has 1 N–H and O–H groups in total. The fraction of sp³-hybridized carbons (Fsp3) is 0.538. The Morgan fingerprint density at radius 3 is 2.25 bits per heavy atom. The monoisotopic (exact) mass is 240 g/mol. The van der Waals surface area contributed by atoms with E-state index >= 15 is 0 Å². The Morgan fingerprint density at radius 1 is 1.25 bits per heavy atom. The van der Waals surface area contributed by atoms with Gasteiger partial charge in [-0.25, -0.2) is 0 Å². The Morgan fingerprint density at radius 2 is 1.81 bits per heavy atom. The highest BCUT2D eigenvalue weighted by atomic mass is 35.5. The minimum absolute atomic E-state index is 0. The van der Waals surface area contributed by atoms with E-state index in [4.69, 9.17) is 0 Å². The molecule has 1 fully saturated rings. The molecule has 1 aromatic carbocycles. The van der Waals surface area contributed by atoms with Crippen molar-refractivity contribution >= 4 is 12.4 Å². The second kappa shape index (κ2) is 5.67. The Balaban J connectivity index is 0.00000128. The van der Waals surface area contributed by atoms with E-state index < -0.39 is 0 Å². The van der Waals surface area contributed by atoms with Crippen molar-refractivity contribution in [3.8, 4) is 0 Å². The number of hydrogen-bond donors (Lipinski definition) is 1. The molecule has 0 spiro atoms. The van der Waals surface area contributed by atoms with Crippen LogP contribution in [0.5, 0.6) is 0 Å². The Labute approximate surface area is 104 Å². The van der Waals surface area contributed by atoms with Crippen LogP contribution in [0, 0.1) is 13.8 Å². The highest BCUT2D eigenvalue weighted by molar-refractivity contribution is 5.85. The van der Waals surface area contributed by atoms with E-state index in [2.05, 4.69) is 49.3 Å². The number of nitrogens with zero attached hydrogens (tertiary/aromatic N) is 1. The van der Waals surface area contributed by atoms with Crippen molar-refractivity contribution < 1.29 is 0 Å². The van der Waals surface area contributed by atoms with E-state index in [0.717, 1.165) is 25.7 Å². The number of hydrogen-bond acceptors (Lipinski definition) is 2. The zero-order valence-electron chi connectivity index (χ0n) is 10.3. The van der Waals surface area contributed by atoms with Crippen LogP contribution in [-0.4, -0.2) is 31.1 Å². The lowest BCUT2D eigenvalue weighted by molar-refractivity contribution is 0.172. The molecular formula is C13H21ClN2. The summed E-state index contributed by atoms with van der Waals surface area (Å²) in [6, 6.07) is 7.27. The van der Waals surface area contributed by atoms with E-state index in [1.165, 1.54) is 16.7 Å². The lowest BCUT2D eigenvalue weighted by Crippen LogP contribution is -2.55. The molecule has 0 saturated carbocycles. The summed E-state index contributed by atoms with van der Waals surface area (Å²) < 4.78 is 0. The average molecular weight is 241 g/mol. The van der Waals surface area contributed by atoms with Gasteiger partial charge in [0.15, 0.2) is 0 Å². The lowest BCUT2D eigenvalue weighted by Gasteiger charge is -2.36. The average Bonchev–Trinajstić information content (AvgIpc) is 2.08. The van der Waals surface area contributed by atoms with E-state index in [9.17, 15) is 0 Å². The predicted molar refractivity (Wildman–Crippen MR) is 71.3 cm³/mol. The Kier molecular flexibility index (Phi) is 4.78. The van der Waals surface area contributed by atoms with Crippen LogP contribution >= 0.6 is 12.4 Å². The van der Waals surface area contributed by atoms with Crippen LogP contribution in [0.25, 0.3) is 0 Å². The molecule has 16 heavy (non-hydrogen) atoms. The van der Waals surface area contributed by atoms with Crippen molar-refractivity contribution in [1.29, 1.82) is 0 Å². The molecule has 0 unspecified atom stereocenters. The van der Waals surface area contributed by atoms with Crippen LogP contribution in [0.4, 0.5) is 0 Å². The van der Waals surface area contributed by atoms with E-state index in [0.29, 0.717) is 0 Å². The standard InChI is InChI=1S/C13H20N2.ClH/c1-10-5-4-6-11(2)13(10)9-15(3)12-7-14-8-12;/h4-6,12,14H,7-9H2,1-3H3;1H. The van der Waals surface area contributed by atoms with Crippen LogP contribution in [0.1, 0.15) is 16.7 Å². The SMILES string of the molecule is Cc1cccc(C)c1CN(C)C1CNC1.Cl. The van der Waals surface area contributed by atoms with E-state index in [1.807, 2.05) is 0 Å². The van der Waals surface area contributed by atoms with Crippen LogP contribution in [0.3, 0.4) is 0 Å². The molecule has 2 nitrogen and oxygen atoms in total. The van der Waals surface area contributed by atoms with Gasteiger partial charge in [0.1, 0.15) is 0 Å². The Hall–Kier alpha value is -0.570. The summed E-state index contributed by atoms with van der Waals surface area (Å²) in [5, 5.41) is 3.32. The first-order chi connectivity index (χ1) is 7.18. The van der Waals surface area contributed by atoms with Crippen LogP contribution < -0.4 is 5.32 Å². The number of rotatable bonds is 3. The third-order valence-corrected chi connectivity index (χ3v) is 3.44. The molecule has 1 aromatic rings. The summed E-state index contributed by atoms with van der Waals surface area (Å²) >= 11 is 0. The van der Waals surface area contributed by atoms with Crippen LogP contribution in [-0.2, 0) is 6.54 Å². The molecule has 0 bridgehead atoms. The maximum absolute atomic E-state index is 3.32. The van der Waals surface area contributed by atoms with Gasteiger partial charge in [0, 0.05) is 25.7 Å². The normalized spacial score (nSPS) is 15.8. The zero-order chi connectivity index (χ0) is 10.8. The van der Waals surface area contributed by atoms with Gasteiger partial charge in [-0.2, -0.15) is 0 Å². The number of benzene rings is 1. The number of aryl methyl sites for hydroxylation is 2. The molecular weight excluding hydrogens is 220 g/mol. The molecule has 0 radical (unpaired) electrons. The van der Waals surface area contributed by atoms with Crippen molar-refractivity contribution in [2.24, 2.45) is 0 Å². The van der Waals surface area contributed by atoms with Gasteiger partial charge >= 0.3 is 0 Å². The van der Waals surface area contributed by atoms with Gasteiger partial charge in [0.25, 0.3) is 0 Å². The number of likely N-dealkylation sites (N-methyl/N-ethyl adjacent to an activating group) is 1. The summed E-state index contributed by atoms with van der Waals surface area (Å²) in [7, 11) is 2.22. The number of halogens is 1. The maximum Gasteiger partial charge on any atom is 0.0345 e. The first kappa shape index (κ1) is 13.5. The second-order valence-electron chi connectivity index (χ2n) is 4.60. The van der Waals surface area contributed by atoms with Gasteiger partial charge in [-0.15, -0.1) is 12.4 Å². The minimum Gasteiger partial charge on any atom is -0.314 e. The quantitative estimate of drug-likeness (QED) is 0.871. The van der Waals surface area contributed by atoms with Gasteiger partial charge in [0.2, 0.25) is 0 Å². The fourth-order valence-electron chi connectivity index (χ4n) is 2.06. The van der Waals surface area contributed by atoms with Gasteiger partial charge in [-0.3, -0.25) is 4.90 Å². The molecule has 0 aliphatic carbocycles. The van der Waals surface area contributed by atoms with Crippen molar-refractivity contribution in [2.45, 2.75) is 26.4 Å². The fourth-order valence-corrected chi connectivity index (χ4v) is 2.06. The maximum atomic E-state index is 3.32. The molecule has 1 saturated heterocycles. The van der Waals surface area contributed by atoms with Crippen molar-refractivity contribution in [1.82, 2.24) is 10.2 Å². The van der Waals surface area contributed by atoms with Crippen molar-refractivity contribution in [2.75, 3.05) is 20.1 Å². The topological polar surface area (TPSA) is 15.3 Å². The molecule has 3 heteroatoms. The highest BCUT2D eigenvalue weighted by Gasteiger charge is 2.21. The van der Waals surface area contributed by atoms with Crippen molar-refractivity contribution in [3.05, 3.63) is 34.9 Å². The molecule has 0 aromatic heterocycles. The van der Waals surface area contributed by atoms with E-state index in [1.54, 1.807) is 0 Å². The predicted octanol–water partition coefficient (Wildman–Crippen LogP) is 2.13.